The lowest BCUT2D eigenvalue weighted by atomic mass is 9.72. The van der Waals surface area contributed by atoms with Gasteiger partial charge >= 0.3 is 0 Å². The molecule has 2 atom stereocenters. The summed E-state index contributed by atoms with van der Waals surface area (Å²) in [6.45, 7) is 10.4. The number of rotatable bonds is 1. The Balaban J connectivity index is 1.67. The first kappa shape index (κ1) is 12.0. The molecule has 0 radical (unpaired) electrons. The lowest BCUT2D eigenvalue weighted by Gasteiger charge is -2.49. The predicted octanol–water partition coefficient (Wildman–Crippen LogP) is 2.74. The molecule has 2 saturated heterocycles. The quantitative estimate of drug-likeness (QED) is 0.691. The third kappa shape index (κ3) is 2.26. The topological polar surface area (TPSA) is 6.48 Å². The summed E-state index contributed by atoms with van der Waals surface area (Å²) in [5, 5.41) is 0. The van der Waals surface area contributed by atoms with E-state index in [0.29, 0.717) is 5.41 Å². The minimum atomic E-state index is 0.555. The Hall–Kier alpha value is -0.0800. The molecule has 3 fully saturated rings. The Bertz CT molecular complexity index is 274. The van der Waals surface area contributed by atoms with Crippen molar-refractivity contribution >= 4 is 0 Å². The fourth-order valence-electron chi connectivity index (χ4n) is 4.45. The van der Waals surface area contributed by atoms with Crippen LogP contribution in [0.3, 0.4) is 0 Å². The van der Waals surface area contributed by atoms with Crippen molar-refractivity contribution in [2.24, 2.45) is 5.41 Å². The molecule has 0 aromatic heterocycles. The lowest BCUT2D eigenvalue weighted by Crippen LogP contribution is -2.57. The van der Waals surface area contributed by atoms with Crippen molar-refractivity contribution in [3.8, 4) is 0 Å². The van der Waals surface area contributed by atoms with E-state index < -0.39 is 0 Å². The fraction of sp³-hybridized carbons (Fsp3) is 1.00. The molecule has 2 heterocycles. The van der Waals surface area contributed by atoms with Gasteiger partial charge in [-0.25, -0.2) is 0 Å². The molecule has 2 nitrogen and oxygen atoms in total. The molecule has 0 aromatic rings. The third-order valence-electron chi connectivity index (χ3n) is 5.51. The molecule has 0 bridgehead atoms. The number of hydrogen-bond donors (Lipinski definition) is 0. The maximum atomic E-state index is 2.84. The average molecular weight is 236 g/mol. The first-order valence-corrected chi connectivity index (χ1v) is 7.65. The molecular weight excluding hydrogens is 208 g/mol. The van der Waals surface area contributed by atoms with Gasteiger partial charge in [0.2, 0.25) is 0 Å². The molecule has 0 spiro atoms. The van der Waals surface area contributed by atoms with Gasteiger partial charge < -0.3 is 0 Å². The van der Waals surface area contributed by atoms with E-state index in [1.807, 2.05) is 0 Å². The number of piperazine rings is 1. The molecule has 2 aliphatic heterocycles. The summed E-state index contributed by atoms with van der Waals surface area (Å²) in [5.41, 5.74) is 0.555. The monoisotopic (exact) mass is 236 g/mol. The zero-order valence-electron chi connectivity index (χ0n) is 11.6. The molecule has 17 heavy (non-hydrogen) atoms. The van der Waals surface area contributed by atoms with Crippen molar-refractivity contribution in [1.29, 1.82) is 0 Å². The van der Waals surface area contributed by atoms with Gasteiger partial charge in [-0.15, -0.1) is 0 Å². The number of fused-ring (bicyclic) bond motifs is 1. The second-order valence-corrected chi connectivity index (χ2v) is 7.08. The summed E-state index contributed by atoms with van der Waals surface area (Å²) in [6.07, 6.45) is 8.67. The molecule has 0 amide bonds. The molecule has 3 rings (SSSR count). The molecule has 0 N–H and O–H groups in total. The third-order valence-corrected chi connectivity index (χ3v) is 5.51. The predicted molar refractivity (Wildman–Crippen MR) is 72.2 cm³/mol. The van der Waals surface area contributed by atoms with E-state index in [1.165, 1.54) is 64.7 Å². The highest BCUT2D eigenvalue weighted by atomic mass is 15.3. The van der Waals surface area contributed by atoms with E-state index in [0.717, 1.165) is 12.1 Å². The Morgan fingerprint density at radius 2 is 1.71 bits per heavy atom. The van der Waals surface area contributed by atoms with Crippen LogP contribution >= 0.6 is 0 Å². The Morgan fingerprint density at radius 3 is 2.53 bits per heavy atom. The summed E-state index contributed by atoms with van der Waals surface area (Å²) in [7, 11) is 0. The van der Waals surface area contributed by atoms with Crippen LogP contribution in [-0.2, 0) is 0 Å². The fourth-order valence-corrected chi connectivity index (χ4v) is 4.45. The Labute approximate surface area is 106 Å². The molecular formula is C15H28N2. The molecule has 0 aromatic carbocycles. The summed E-state index contributed by atoms with van der Waals surface area (Å²) in [5.74, 6) is 0. The van der Waals surface area contributed by atoms with Crippen LogP contribution in [0.15, 0.2) is 0 Å². The normalized spacial score (nSPS) is 39.2. The zero-order valence-corrected chi connectivity index (χ0v) is 11.6. The first-order chi connectivity index (χ1) is 8.17. The summed E-state index contributed by atoms with van der Waals surface area (Å²) in [4.78, 5) is 5.57. The van der Waals surface area contributed by atoms with Gasteiger partial charge in [0.05, 0.1) is 0 Å². The van der Waals surface area contributed by atoms with Crippen molar-refractivity contribution in [3.63, 3.8) is 0 Å². The molecule has 98 valence electrons. The highest BCUT2D eigenvalue weighted by Crippen LogP contribution is 2.39. The van der Waals surface area contributed by atoms with Crippen LogP contribution in [-0.4, -0.2) is 48.1 Å². The van der Waals surface area contributed by atoms with Crippen LogP contribution in [0.25, 0.3) is 0 Å². The van der Waals surface area contributed by atoms with Gasteiger partial charge in [-0.1, -0.05) is 26.7 Å². The summed E-state index contributed by atoms with van der Waals surface area (Å²) in [6, 6.07) is 1.75. The number of hydrogen-bond acceptors (Lipinski definition) is 2. The largest absolute Gasteiger partial charge is 0.298 e. The van der Waals surface area contributed by atoms with E-state index >= 15 is 0 Å². The van der Waals surface area contributed by atoms with Crippen molar-refractivity contribution in [3.05, 3.63) is 0 Å². The van der Waals surface area contributed by atoms with Crippen LogP contribution in [0, 0.1) is 5.41 Å². The Kier molecular flexibility index (Phi) is 3.20. The second-order valence-electron chi connectivity index (χ2n) is 7.08. The highest BCUT2D eigenvalue weighted by molar-refractivity contribution is 4.95. The van der Waals surface area contributed by atoms with Crippen LogP contribution < -0.4 is 0 Å². The smallest absolute Gasteiger partial charge is 0.0224 e. The molecule has 2 unspecified atom stereocenters. The Morgan fingerprint density at radius 1 is 0.882 bits per heavy atom. The lowest BCUT2D eigenvalue weighted by molar-refractivity contribution is 0.000454. The molecule has 2 heteroatoms. The summed E-state index contributed by atoms with van der Waals surface area (Å²) < 4.78 is 0. The van der Waals surface area contributed by atoms with E-state index in [1.54, 1.807) is 0 Å². The van der Waals surface area contributed by atoms with Gasteiger partial charge in [-0.05, 0) is 37.6 Å². The SMILES string of the molecule is CC1(C)CCCCC1N1CCN2CCCC2C1. The minimum absolute atomic E-state index is 0.555. The van der Waals surface area contributed by atoms with Gasteiger partial charge in [-0.2, -0.15) is 0 Å². The van der Waals surface area contributed by atoms with E-state index in [2.05, 4.69) is 23.6 Å². The van der Waals surface area contributed by atoms with E-state index in [-0.39, 0.29) is 0 Å². The number of nitrogens with zero attached hydrogens (tertiary/aromatic N) is 2. The molecule has 1 aliphatic carbocycles. The van der Waals surface area contributed by atoms with Crippen LogP contribution in [0.2, 0.25) is 0 Å². The van der Waals surface area contributed by atoms with Crippen molar-refractivity contribution in [2.45, 2.75) is 64.5 Å². The maximum absolute atomic E-state index is 2.84. The van der Waals surface area contributed by atoms with Crippen molar-refractivity contribution in [1.82, 2.24) is 9.80 Å². The second kappa shape index (κ2) is 4.55. The van der Waals surface area contributed by atoms with Crippen molar-refractivity contribution in [2.75, 3.05) is 26.2 Å². The highest BCUT2D eigenvalue weighted by Gasteiger charge is 2.40. The van der Waals surface area contributed by atoms with Crippen LogP contribution in [0.4, 0.5) is 0 Å². The minimum Gasteiger partial charge on any atom is -0.298 e. The van der Waals surface area contributed by atoms with Gasteiger partial charge in [-0.3, -0.25) is 9.80 Å². The van der Waals surface area contributed by atoms with Crippen LogP contribution in [0.5, 0.6) is 0 Å². The van der Waals surface area contributed by atoms with Gasteiger partial charge in [0.15, 0.2) is 0 Å². The standard InChI is InChI=1S/C15H28N2/c1-15(2)8-4-3-7-14(15)17-11-10-16-9-5-6-13(16)12-17/h13-14H,3-12H2,1-2H3. The van der Waals surface area contributed by atoms with Gasteiger partial charge in [0.1, 0.15) is 0 Å². The van der Waals surface area contributed by atoms with E-state index in [9.17, 15) is 0 Å². The molecule has 1 saturated carbocycles. The first-order valence-electron chi connectivity index (χ1n) is 7.65. The maximum Gasteiger partial charge on any atom is 0.0224 e. The van der Waals surface area contributed by atoms with Crippen LogP contribution in [0.1, 0.15) is 52.4 Å². The molecule has 3 aliphatic rings. The summed E-state index contributed by atoms with van der Waals surface area (Å²) >= 11 is 0. The average Bonchev–Trinajstić information content (AvgIpc) is 2.75. The van der Waals surface area contributed by atoms with Crippen molar-refractivity contribution < 1.29 is 0 Å². The van der Waals surface area contributed by atoms with E-state index in [4.69, 9.17) is 0 Å². The van der Waals surface area contributed by atoms with Gasteiger partial charge in [0, 0.05) is 31.7 Å². The van der Waals surface area contributed by atoms with Gasteiger partial charge in [0.25, 0.3) is 0 Å². The zero-order chi connectivity index (χ0) is 11.9.